The molecule has 0 spiro atoms. The minimum absolute atomic E-state index is 0.0852. The molecule has 1 aromatic carbocycles. The lowest BCUT2D eigenvalue weighted by Gasteiger charge is -2.37. The number of nitrogens with zero attached hydrogens (tertiary/aromatic N) is 1. The number of carbonyl (C=O) groups excluding carboxylic acids is 2. The first-order valence-corrected chi connectivity index (χ1v) is 8.34. The van der Waals surface area contributed by atoms with Gasteiger partial charge in [0.25, 0.3) is 0 Å². The first-order chi connectivity index (χ1) is 10.6. The lowest BCUT2D eigenvalue weighted by atomic mass is 9.63. The van der Waals surface area contributed by atoms with Gasteiger partial charge in [0.15, 0.2) is 0 Å². The molecule has 1 saturated heterocycles. The van der Waals surface area contributed by atoms with Crippen LogP contribution in [-0.2, 0) is 9.59 Å². The van der Waals surface area contributed by atoms with Crippen LogP contribution in [0.4, 0.5) is 5.69 Å². The number of allylic oxidation sites excluding steroid dienone is 2. The molecule has 0 radical (unpaired) electrons. The summed E-state index contributed by atoms with van der Waals surface area (Å²) in [4.78, 5) is 27.1. The second-order valence-electron chi connectivity index (χ2n) is 6.79. The van der Waals surface area contributed by atoms with Gasteiger partial charge in [-0.3, -0.25) is 9.59 Å². The topological polar surface area (TPSA) is 37.4 Å². The first-order valence-electron chi connectivity index (χ1n) is 7.58. The van der Waals surface area contributed by atoms with Crippen LogP contribution in [0.2, 0.25) is 10.0 Å². The van der Waals surface area contributed by atoms with Crippen LogP contribution in [0.3, 0.4) is 0 Å². The van der Waals surface area contributed by atoms with Crippen molar-refractivity contribution in [1.82, 2.24) is 0 Å². The number of hydrogen-bond acceptors (Lipinski definition) is 2. The zero-order valence-corrected chi connectivity index (χ0v) is 13.1. The summed E-state index contributed by atoms with van der Waals surface area (Å²) in [5.41, 5.74) is 0.495. The molecular formula is C17H13Cl2NO2. The number of anilines is 1. The van der Waals surface area contributed by atoms with E-state index in [2.05, 4.69) is 12.2 Å². The molecule has 2 saturated carbocycles. The molecule has 1 aromatic rings. The molecule has 112 valence electrons. The van der Waals surface area contributed by atoms with Crippen molar-refractivity contribution in [2.24, 2.45) is 35.5 Å². The highest BCUT2D eigenvalue weighted by atomic mass is 35.5. The molecule has 3 fully saturated rings. The maximum absolute atomic E-state index is 12.9. The quantitative estimate of drug-likeness (QED) is 0.582. The second-order valence-corrected chi connectivity index (χ2v) is 7.67. The molecule has 0 N–H and O–H groups in total. The van der Waals surface area contributed by atoms with Crippen molar-refractivity contribution in [1.29, 1.82) is 0 Å². The fraction of sp³-hybridized carbons (Fsp3) is 0.412. The van der Waals surface area contributed by atoms with Crippen molar-refractivity contribution in [2.45, 2.75) is 6.42 Å². The molecule has 5 heteroatoms. The Morgan fingerprint density at radius 2 is 1.36 bits per heavy atom. The molecule has 6 rings (SSSR count). The van der Waals surface area contributed by atoms with Gasteiger partial charge in [-0.1, -0.05) is 35.4 Å². The Bertz CT molecular complexity index is 703. The van der Waals surface area contributed by atoms with Gasteiger partial charge in [0.05, 0.1) is 17.5 Å². The van der Waals surface area contributed by atoms with Gasteiger partial charge in [-0.2, -0.15) is 0 Å². The van der Waals surface area contributed by atoms with Crippen LogP contribution in [0.25, 0.3) is 0 Å². The molecule has 3 nitrogen and oxygen atoms in total. The van der Waals surface area contributed by atoms with E-state index in [1.165, 1.54) is 11.3 Å². The van der Waals surface area contributed by atoms with Gasteiger partial charge in [-0.05, 0) is 48.3 Å². The molecule has 2 bridgehead atoms. The van der Waals surface area contributed by atoms with E-state index < -0.39 is 0 Å². The zero-order valence-electron chi connectivity index (χ0n) is 11.6. The van der Waals surface area contributed by atoms with Crippen molar-refractivity contribution < 1.29 is 9.59 Å². The Morgan fingerprint density at radius 1 is 0.864 bits per heavy atom. The van der Waals surface area contributed by atoms with Crippen molar-refractivity contribution in [2.75, 3.05) is 4.90 Å². The average Bonchev–Trinajstić information content (AvgIpc) is 3.23. The molecular weight excluding hydrogens is 321 g/mol. The largest absolute Gasteiger partial charge is 0.274 e. The number of rotatable bonds is 1. The van der Waals surface area contributed by atoms with Crippen LogP contribution < -0.4 is 4.90 Å². The molecule has 5 aliphatic rings. The van der Waals surface area contributed by atoms with Crippen molar-refractivity contribution >= 4 is 40.7 Å². The highest BCUT2D eigenvalue weighted by molar-refractivity contribution is 6.35. The number of carbonyl (C=O) groups is 2. The Hall–Kier alpha value is -1.32. The lowest BCUT2D eigenvalue weighted by Crippen LogP contribution is -2.40. The van der Waals surface area contributed by atoms with Gasteiger partial charge in [0.1, 0.15) is 0 Å². The van der Waals surface area contributed by atoms with Crippen LogP contribution in [0, 0.1) is 35.5 Å². The third-order valence-electron chi connectivity index (χ3n) is 5.77. The molecule has 4 aliphatic carbocycles. The molecule has 1 heterocycles. The normalized spacial score (nSPS) is 40.9. The summed E-state index contributed by atoms with van der Waals surface area (Å²) in [6, 6.07) is 4.87. The van der Waals surface area contributed by atoms with Crippen LogP contribution in [-0.4, -0.2) is 11.8 Å². The highest BCUT2D eigenvalue weighted by Gasteiger charge is 2.67. The van der Waals surface area contributed by atoms with E-state index in [9.17, 15) is 9.59 Å². The van der Waals surface area contributed by atoms with Crippen molar-refractivity contribution in [3.05, 3.63) is 40.4 Å². The Labute approximate surface area is 137 Å². The van der Waals surface area contributed by atoms with Gasteiger partial charge >= 0.3 is 0 Å². The van der Waals surface area contributed by atoms with Crippen LogP contribution in [0.1, 0.15) is 6.42 Å². The highest BCUT2D eigenvalue weighted by Crippen LogP contribution is 2.65. The van der Waals surface area contributed by atoms with Crippen molar-refractivity contribution in [3.8, 4) is 0 Å². The smallest absolute Gasteiger partial charge is 0.238 e. The van der Waals surface area contributed by atoms with Gasteiger partial charge in [-0.25, -0.2) is 4.90 Å². The SMILES string of the molecule is O=C1C2C3C=CC(C4CC34)C2C(=O)N1c1cc(Cl)cc(Cl)c1. The lowest BCUT2D eigenvalue weighted by molar-refractivity contribution is -0.124. The molecule has 6 atom stereocenters. The Balaban J connectivity index is 1.60. The summed E-state index contributed by atoms with van der Waals surface area (Å²) in [7, 11) is 0. The number of amides is 2. The maximum atomic E-state index is 12.9. The number of benzene rings is 1. The third kappa shape index (κ3) is 1.53. The number of imide groups is 1. The van der Waals surface area contributed by atoms with E-state index in [-0.39, 0.29) is 35.5 Å². The zero-order chi connectivity index (χ0) is 15.2. The molecule has 1 aliphatic heterocycles. The molecule has 0 aromatic heterocycles. The maximum Gasteiger partial charge on any atom is 0.238 e. The van der Waals surface area contributed by atoms with Gasteiger partial charge in [0.2, 0.25) is 11.8 Å². The van der Waals surface area contributed by atoms with Crippen LogP contribution in [0.5, 0.6) is 0 Å². The summed E-state index contributed by atoms with van der Waals surface area (Å²) in [5, 5.41) is 0.865. The fourth-order valence-electron chi connectivity index (χ4n) is 4.88. The van der Waals surface area contributed by atoms with E-state index in [0.717, 1.165) is 0 Å². The minimum Gasteiger partial charge on any atom is -0.274 e. The summed E-state index contributed by atoms with van der Waals surface area (Å²) < 4.78 is 0. The second kappa shape index (κ2) is 4.15. The fourth-order valence-corrected chi connectivity index (χ4v) is 5.39. The summed E-state index contributed by atoms with van der Waals surface area (Å²) in [6.07, 6.45) is 5.50. The average molecular weight is 334 g/mol. The predicted molar refractivity (Wildman–Crippen MR) is 83.7 cm³/mol. The number of halogens is 2. The summed E-state index contributed by atoms with van der Waals surface area (Å²) in [5.74, 6) is 1.13. The monoisotopic (exact) mass is 333 g/mol. The summed E-state index contributed by atoms with van der Waals surface area (Å²) in [6.45, 7) is 0. The first kappa shape index (κ1) is 13.1. The van der Waals surface area contributed by atoms with Crippen LogP contribution in [0.15, 0.2) is 30.4 Å². The van der Waals surface area contributed by atoms with Gasteiger partial charge < -0.3 is 0 Å². The predicted octanol–water partition coefficient (Wildman–Crippen LogP) is 3.55. The third-order valence-corrected chi connectivity index (χ3v) is 6.20. The molecule has 22 heavy (non-hydrogen) atoms. The Morgan fingerprint density at radius 3 is 1.86 bits per heavy atom. The summed E-state index contributed by atoms with van der Waals surface area (Å²) >= 11 is 12.1. The van der Waals surface area contributed by atoms with Crippen molar-refractivity contribution in [3.63, 3.8) is 0 Å². The van der Waals surface area contributed by atoms with E-state index in [1.807, 2.05) is 0 Å². The van der Waals surface area contributed by atoms with E-state index in [1.54, 1.807) is 18.2 Å². The van der Waals surface area contributed by atoms with Gasteiger partial charge in [0, 0.05) is 10.0 Å². The van der Waals surface area contributed by atoms with Gasteiger partial charge in [-0.15, -0.1) is 0 Å². The molecule has 2 amide bonds. The van der Waals surface area contributed by atoms with E-state index in [0.29, 0.717) is 27.6 Å². The van der Waals surface area contributed by atoms with E-state index >= 15 is 0 Å². The Kier molecular flexibility index (Phi) is 2.48. The molecule has 6 unspecified atom stereocenters. The minimum atomic E-state index is -0.191. The van der Waals surface area contributed by atoms with E-state index in [4.69, 9.17) is 23.2 Å². The standard InChI is InChI=1S/C17H13Cl2NO2/c18-7-3-8(19)5-9(4-7)20-16(21)14-10-1-2-11(13-6-12(10)13)15(14)17(20)22/h1-5,10-15H,6H2. The van der Waals surface area contributed by atoms with Crippen LogP contribution >= 0.6 is 23.2 Å². The number of hydrogen-bond donors (Lipinski definition) is 0.